The van der Waals surface area contributed by atoms with Crippen LogP contribution in [0.15, 0.2) is 12.6 Å². The molecule has 1 aromatic carbocycles. The van der Waals surface area contributed by atoms with Gasteiger partial charge in [-0.15, -0.1) is 0 Å². The fourth-order valence-electron chi connectivity index (χ4n) is 1.83. The summed E-state index contributed by atoms with van der Waals surface area (Å²) in [4.78, 5) is 0. The van der Waals surface area contributed by atoms with Crippen molar-refractivity contribution in [3.05, 3.63) is 29.8 Å². The summed E-state index contributed by atoms with van der Waals surface area (Å²) >= 11 is 0. The van der Waals surface area contributed by atoms with E-state index in [1.807, 2.05) is 13.8 Å². The van der Waals surface area contributed by atoms with E-state index in [9.17, 15) is 13.9 Å². The molecule has 0 saturated carbocycles. The second kappa shape index (κ2) is 6.67. The van der Waals surface area contributed by atoms with Gasteiger partial charge in [-0.05, 0) is 18.9 Å². The van der Waals surface area contributed by atoms with Crippen molar-refractivity contribution in [1.82, 2.24) is 0 Å². The summed E-state index contributed by atoms with van der Waals surface area (Å²) in [5.74, 6) is 3.27. The van der Waals surface area contributed by atoms with Crippen molar-refractivity contribution in [1.29, 1.82) is 0 Å². The predicted molar refractivity (Wildman–Crippen MR) is 78.3 cm³/mol. The predicted octanol–water partition coefficient (Wildman–Crippen LogP) is 2.86. The monoisotopic (exact) mass is 285 g/mol. The number of hydrogen-bond donors (Lipinski definition) is 4. The molecule has 5 N–H and O–H groups in total. The molecular formula is C14H21F2N3O. The standard InChI is InChI=1S/C14H21F2N3O/c1-4-9-7-10(19-17)13(12(16)11(9)15)18-8-14(20,5-2)6-3/h4,7,18-20H,1,5-6,8,17H2,2-3H3. The third kappa shape index (κ3) is 3.26. The van der Waals surface area contributed by atoms with E-state index >= 15 is 0 Å². The highest BCUT2D eigenvalue weighted by molar-refractivity contribution is 5.73. The maximum atomic E-state index is 14.0. The number of hydrogen-bond acceptors (Lipinski definition) is 4. The van der Waals surface area contributed by atoms with E-state index in [-0.39, 0.29) is 23.5 Å². The van der Waals surface area contributed by atoms with Crippen LogP contribution in [0.2, 0.25) is 0 Å². The Morgan fingerprint density at radius 3 is 2.40 bits per heavy atom. The molecule has 0 atom stereocenters. The number of nitrogens with two attached hydrogens (primary N) is 1. The fraction of sp³-hybridized carbons (Fsp3) is 0.429. The van der Waals surface area contributed by atoms with E-state index in [1.54, 1.807) is 0 Å². The third-order valence-electron chi connectivity index (χ3n) is 3.52. The van der Waals surface area contributed by atoms with Gasteiger partial charge in [0.15, 0.2) is 11.6 Å². The molecule has 6 heteroatoms. The van der Waals surface area contributed by atoms with Crippen LogP contribution in [0.4, 0.5) is 20.2 Å². The van der Waals surface area contributed by atoms with E-state index in [0.29, 0.717) is 12.8 Å². The Kier molecular flexibility index (Phi) is 5.47. The number of halogens is 2. The maximum absolute atomic E-state index is 14.0. The topological polar surface area (TPSA) is 70.3 Å². The van der Waals surface area contributed by atoms with Crippen LogP contribution in [0.3, 0.4) is 0 Å². The summed E-state index contributed by atoms with van der Waals surface area (Å²) in [6, 6.07) is 1.35. The van der Waals surface area contributed by atoms with Crippen molar-refractivity contribution in [2.24, 2.45) is 5.84 Å². The molecular weight excluding hydrogens is 264 g/mol. The average molecular weight is 285 g/mol. The Bertz CT molecular complexity index is 488. The molecule has 112 valence electrons. The Hall–Kier alpha value is -1.66. The van der Waals surface area contributed by atoms with Crippen molar-refractivity contribution in [2.45, 2.75) is 32.3 Å². The van der Waals surface area contributed by atoms with Crippen molar-refractivity contribution in [3.63, 3.8) is 0 Å². The van der Waals surface area contributed by atoms with Crippen LogP contribution >= 0.6 is 0 Å². The van der Waals surface area contributed by atoms with Gasteiger partial charge in [-0.2, -0.15) is 0 Å². The van der Waals surface area contributed by atoms with Crippen molar-refractivity contribution in [3.8, 4) is 0 Å². The van der Waals surface area contributed by atoms with Gasteiger partial charge in [0, 0.05) is 12.1 Å². The van der Waals surface area contributed by atoms with Crippen LogP contribution in [0.25, 0.3) is 6.08 Å². The lowest BCUT2D eigenvalue weighted by molar-refractivity contribution is 0.0456. The molecule has 0 bridgehead atoms. The summed E-state index contributed by atoms with van der Waals surface area (Å²) in [5.41, 5.74) is 1.45. The number of aliphatic hydroxyl groups is 1. The van der Waals surface area contributed by atoms with E-state index in [1.165, 1.54) is 12.1 Å². The molecule has 0 unspecified atom stereocenters. The number of nitrogens with one attached hydrogen (secondary N) is 2. The van der Waals surface area contributed by atoms with Crippen LogP contribution < -0.4 is 16.6 Å². The molecule has 0 saturated heterocycles. The number of rotatable bonds is 7. The lowest BCUT2D eigenvalue weighted by atomic mass is 9.97. The van der Waals surface area contributed by atoms with Gasteiger partial charge in [-0.25, -0.2) is 8.78 Å². The minimum atomic E-state index is -1.05. The van der Waals surface area contributed by atoms with Crippen LogP contribution in [0.5, 0.6) is 0 Å². The smallest absolute Gasteiger partial charge is 0.184 e. The highest BCUT2D eigenvalue weighted by Gasteiger charge is 2.24. The molecule has 1 aromatic rings. The van der Waals surface area contributed by atoms with Crippen LogP contribution in [-0.2, 0) is 0 Å². The van der Waals surface area contributed by atoms with Crippen molar-refractivity contribution < 1.29 is 13.9 Å². The first-order valence-corrected chi connectivity index (χ1v) is 6.49. The van der Waals surface area contributed by atoms with Crippen LogP contribution in [-0.4, -0.2) is 17.3 Å². The quantitative estimate of drug-likeness (QED) is 0.459. The molecule has 0 spiro atoms. The Morgan fingerprint density at radius 2 is 1.95 bits per heavy atom. The molecule has 0 amide bonds. The Balaban J connectivity index is 3.12. The summed E-state index contributed by atoms with van der Waals surface area (Å²) in [5, 5.41) is 12.9. The van der Waals surface area contributed by atoms with E-state index in [4.69, 9.17) is 5.84 Å². The van der Waals surface area contributed by atoms with E-state index in [0.717, 1.165) is 0 Å². The first-order valence-electron chi connectivity index (χ1n) is 6.49. The van der Waals surface area contributed by atoms with Gasteiger partial charge < -0.3 is 15.8 Å². The second-order valence-corrected chi connectivity index (χ2v) is 4.65. The lowest BCUT2D eigenvalue weighted by Gasteiger charge is -2.27. The highest BCUT2D eigenvalue weighted by atomic mass is 19.2. The zero-order valence-corrected chi connectivity index (χ0v) is 11.8. The highest BCUT2D eigenvalue weighted by Crippen LogP contribution is 2.31. The van der Waals surface area contributed by atoms with Gasteiger partial charge in [-0.1, -0.05) is 26.5 Å². The molecule has 0 aliphatic rings. The molecule has 0 aliphatic heterocycles. The van der Waals surface area contributed by atoms with Crippen molar-refractivity contribution >= 4 is 17.5 Å². The number of hydrazine groups is 1. The van der Waals surface area contributed by atoms with Crippen molar-refractivity contribution in [2.75, 3.05) is 17.3 Å². The molecule has 0 aromatic heterocycles. The SMILES string of the molecule is C=Cc1cc(NN)c(NCC(O)(CC)CC)c(F)c1F. The minimum Gasteiger partial charge on any atom is -0.388 e. The fourth-order valence-corrected chi connectivity index (χ4v) is 1.83. The van der Waals surface area contributed by atoms with E-state index in [2.05, 4.69) is 17.3 Å². The van der Waals surface area contributed by atoms with Gasteiger partial charge in [0.1, 0.15) is 0 Å². The van der Waals surface area contributed by atoms with Gasteiger partial charge in [0.25, 0.3) is 0 Å². The molecule has 0 radical (unpaired) electrons. The van der Waals surface area contributed by atoms with Gasteiger partial charge in [-0.3, -0.25) is 5.84 Å². The minimum absolute atomic E-state index is 0.0160. The van der Waals surface area contributed by atoms with Crippen LogP contribution in [0, 0.1) is 11.6 Å². The van der Waals surface area contributed by atoms with Gasteiger partial charge >= 0.3 is 0 Å². The maximum Gasteiger partial charge on any atom is 0.184 e. The largest absolute Gasteiger partial charge is 0.388 e. The third-order valence-corrected chi connectivity index (χ3v) is 3.52. The van der Waals surface area contributed by atoms with Gasteiger partial charge in [0.2, 0.25) is 0 Å². The zero-order valence-electron chi connectivity index (χ0n) is 11.8. The van der Waals surface area contributed by atoms with Gasteiger partial charge in [0.05, 0.1) is 17.0 Å². The lowest BCUT2D eigenvalue weighted by Crippen LogP contribution is -2.36. The summed E-state index contributed by atoms with van der Waals surface area (Å²) in [6.07, 6.45) is 2.20. The number of benzene rings is 1. The summed E-state index contributed by atoms with van der Waals surface area (Å²) < 4.78 is 27.8. The van der Waals surface area contributed by atoms with Crippen LogP contribution in [0.1, 0.15) is 32.3 Å². The molecule has 20 heavy (non-hydrogen) atoms. The average Bonchev–Trinajstić information content (AvgIpc) is 2.48. The summed E-state index contributed by atoms with van der Waals surface area (Å²) in [7, 11) is 0. The first-order chi connectivity index (χ1) is 9.42. The first kappa shape index (κ1) is 16.4. The zero-order chi connectivity index (χ0) is 15.3. The Labute approximate surface area is 117 Å². The second-order valence-electron chi connectivity index (χ2n) is 4.65. The number of anilines is 2. The molecule has 1 rings (SSSR count). The normalized spacial score (nSPS) is 11.3. The molecule has 0 fully saturated rings. The summed E-state index contributed by atoms with van der Waals surface area (Å²) in [6.45, 7) is 7.16. The Morgan fingerprint density at radius 1 is 1.35 bits per heavy atom. The molecule has 4 nitrogen and oxygen atoms in total. The van der Waals surface area contributed by atoms with E-state index < -0.39 is 17.2 Å². The molecule has 0 heterocycles. The molecule has 0 aliphatic carbocycles. The number of nitrogen functional groups attached to an aromatic ring is 1.